The Labute approximate surface area is 158 Å². The van der Waals surface area contributed by atoms with Crippen LogP contribution >= 0.6 is 0 Å². The van der Waals surface area contributed by atoms with Gasteiger partial charge in [-0.2, -0.15) is 0 Å². The fourth-order valence-electron chi connectivity index (χ4n) is 6.29. The largest absolute Gasteiger partial charge is 0.349 e. The molecule has 0 saturated heterocycles. The van der Waals surface area contributed by atoms with E-state index in [2.05, 4.69) is 17.6 Å². The smallest absolute Gasteiger partial charge is 0.275 e. The molecular weight excluding hydrogens is 326 g/mol. The van der Waals surface area contributed by atoms with Crippen LogP contribution in [0.3, 0.4) is 0 Å². The van der Waals surface area contributed by atoms with Crippen molar-refractivity contribution in [2.75, 3.05) is 19.6 Å². The Kier molecular flexibility index (Phi) is 5.95. The first-order valence-electron chi connectivity index (χ1n) is 10.7. The minimum atomic E-state index is 0.0267. The van der Waals surface area contributed by atoms with Gasteiger partial charge in [-0.3, -0.25) is 9.59 Å². The van der Waals surface area contributed by atoms with Crippen LogP contribution in [0.2, 0.25) is 0 Å². The van der Waals surface area contributed by atoms with E-state index in [0.717, 1.165) is 29.2 Å². The quantitative estimate of drug-likeness (QED) is 0.605. The fraction of sp³-hybridized carbons (Fsp3) is 0.905. The Morgan fingerprint density at radius 1 is 0.923 bits per heavy atom. The highest BCUT2D eigenvalue weighted by molar-refractivity contribution is 5.79. The van der Waals surface area contributed by atoms with Crippen LogP contribution in [-0.4, -0.2) is 43.5 Å². The number of hydrogen-bond donors (Lipinski definition) is 3. The van der Waals surface area contributed by atoms with Crippen molar-refractivity contribution in [3.63, 3.8) is 0 Å². The highest BCUT2D eigenvalue weighted by atomic mass is 16.2. The van der Waals surface area contributed by atoms with E-state index in [1.54, 1.807) is 0 Å². The maximum Gasteiger partial charge on any atom is 0.275 e. The zero-order chi connectivity index (χ0) is 18.9. The highest BCUT2D eigenvalue weighted by Crippen LogP contribution is 2.61. The third kappa shape index (κ3) is 4.41. The number of carbonyl (C=O) groups is 2. The molecule has 26 heavy (non-hydrogen) atoms. The molecule has 4 saturated carbocycles. The van der Waals surface area contributed by atoms with E-state index in [1.165, 1.54) is 38.5 Å². The van der Waals surface area contributed by atoms with E-state index in [9.17, 15) is 9.59 Å². The Hall–Kier alpha value is -1.10. The van der Waals surface area contributed by atoms with E-state index in [1.807, 2.05) is 20.8 Å². The summed E-state index contributed by atoms with van der Waals surface area (Å²) in [7, 11) is 0. The zero-order valence-corrected chi connectivity index (χ0v) is 17.1. The van der Waals surface area contributed by atoms with Crippen molar-refractivity contribution in [2.45, 2.75) is 78.3 Å². The molecule has 2 atom stereocenters. The number of carbonyl (C=O) groups excluding carboxylic acids is 2. The van der Waals surface area contributed by atoms with Gasteiger partial charge in [-0.15, -0.1) is 0 Å². The second-order valence-corrected chi connectivity index (χ2v) is 9.75. The molecule has 0 aromatic rings. The minimum absolute atomic E-state index is 0.0267. The second kappa shape index (κ2) is 7.87. The summed E-state index contributed by atoms with van der Waals surface area (Å²) < 4.78 is 0. The molecule has 4 bridgehead atoms. The Bertz CT molecular complexity index is 496. The second-order valence-electron chi connectivity index (χ2n) is 9.75. The lowest BCUT2D eigenvalue weighted by Gasteiger charge is -2.59. The van der Waals surface area contributed by atoms with E-state index >= 15 is 0 Å². The molecule has 1 unspecified atom stereocenters. The highest BCUT2D eigenvalue weighted by Gasteiger charge is 2.53. The average Bonchev–Trinajstić information content (AvgIpc) is 2.51. The minimum Gasteiger partial charge on any atom is -0.349 e. The van der Waals surface area contributed by atoms with Crippen molar-refractivity contribution in [1.29, 1.82) is 0 Å². The summed E-state index contributed by atoms with van der Waals surface area (Å²) in [6, 6.07) is 0.400. The molecule has 0 spiro atoms. The summed E-state index contributed by atoms with van der Waals surface area (Å²) in [6.45, 7) is 9.72. The monoisotopic (exact) mass is 364 g/mol. The lowest BCUT2D eigenvalue weighted by molar-refractivity contribution is -0.881. The number of amides is 2. The molecule has 4 aliphatic carbocycles. The molecule has 4 aliphatic rings. The molecule has 4 fully saturated rings. The molecule has 0 heterocycles. The molecule has 148 valence electrons. The van der Waals surface area contributed by atoms with Crippen molar-refractivity contribution < 1.29 is 14.5 Å². The van der Waals surface area contributed by atoms with Crippen LogP contribution < -0.4 is 15.5 Å². The van der Waals surface area contributed by atoms with Gasteiger partial charge in [-0.1, -0.05) is 0 Å². The van der Waals surface area contributed by atoms with Gasteiger partial charge in [0.05, 0.1) is 6.54 Å². The first-order chi connectivity index (χ1) is 12.3. The van der Waals surface area contributed by atoms with E-state index in [-0.39, 0.29) is 23.9 Å². The SMILES string of the molecule is CC[NH+](CC(=O)NC(C)C)CC(=O)N[C@@H](C)C12CC3CC(CC(C3)C1)C2. The number of nitrogens with one attached hydrogen (secondary N) is 3. The molecule has 5 nitrogen and oxygen atoms in total. The van der Waals surface area contributed by atoms with Gasteiger partial charge < -0.3 is 15.5 Å². The molecule has 4 rings (SSSR count). The molecular formula is C21H38N3O2+. The van der Waals surface area contributed by atoms with E-state index < -0.39 is 0 Å². The van der Waals surface area contributed by atoms with Crippen LogP contribution in [0, 0.1) is 23.2 Å². The standard InChI is InChI=1S/C21H37N3O2/c1-5-24(12-19(25)22-14(2)3)13-20(26)23-15(4)21-9-16-6-17(10-21)8-18(7-16)11-21/h14-18H,5-13H2,1-4H3,(H,22,25)(H,23,26)/p+1/t15-,16?,17?,18?,21?/m0/s1. The molecule has 0 radical (unpaired) electrons. The predicted octanol–water partition coefficient (Wildman–Crippen LogP) is 1.14. The van der Waals surface area contributed by atoms with E-state index in [4.69, 9.17) is 0 Å². The van der Waals surface area contributed by atoms with Crippen LogP contribution in [0.25, 0.3) is 0 Å². The molecule has 5 heteroatoms. The normalized spacial score (nSPS) is 34.6. The van der Waals surface area contributed by atoms with Crippen molar-refractivity contribution in [3.8, 4) is 0 Å². The van der Waals surface area contributed by atoms with Crippen LogP contribution in [0.1, 0.15) is 66.2 Å². The average molecular weight is 365 g/mol. The summed E-state index contributed by atoms with van der Waals surface area (Å²) in [5.74, 6) is 2.83. The van der Waals surface area contributed by atoms with Gasteiger partial charge in [0, 0.05) is 12.1 Å². The molecule has 0 aromatic heterocycles. The first-order valence-corrected chi connectivity index (χ1v) is 10.7. The van der Waals surface area contributed by atoms with Gasteiger partial charge in [-0.25, -0.2) is 0 Å². The van der Waals surface area contributed by atoms with Crippen molar-refractivity contribution in [1.82, 2.24) is 10.6 Å². The third-order valence-electron chi connectivity index (χ3n) is 7.15. The first kappa shape index (κ1) is 19.7. The van der Waals surface area contributed by atoms with Gasteiger partial charge in [0.15, 0.2) is 13.1 Å². The summed E-state index contributed by atoms with van der Waals surface area (Å²) in [6.07, 6.45) is 8.21. The maximum atomic E-state index is 12.7. The number of likely N-dealkylation sites (N-methyl/N-ethyl adjacent to an activating group) is 1. The Morgan fingerprint density at radius 3 is 1.81 bits per heavy atom. The Balaban J connectivity index is 1.51. The molecule has 3 N–H and O–H groups in total. The Morgan fingerprint density at radius 2 is 1.38 bits per heavy atom. The van der Waals surface area contributed by atoms with Gasteiger partial charge >= 0.3 is 0 Å². The number of hydrogen-bond acceptors (Lipinski definition) is 2. The van der Waals surface area contributed by atoms with Gasteiger partial charge in [0.2, 0.25) is 0 Å². The van der Waals surface area contributed by atoms with Crippen LogP contribution in [0.5, 0.6) is 0 Å². The summed E-state index contributed by atoms with van der Waals surface area (Å²) >= 11 is 0. The zero-order valence-electron chi connectivity index (χ0n) is 17.1. The van der Waals surface area contributed by atoms with Crippen LogP contribution in [0.15, 0.2) is 0 Å². The lowest BCUT2D eigenvalue weighted by atomic mass is 9.48. The third-order valence-corrected chi connectivity index (χ3v) is 7.15. The number of quaternary nitrogens is 1. The van der Waals surface area contributed by atoms with Crippen LogP contribution in [-0.2, 0) is 9.59 Å². The predicted molar refractivity (Wildman–Crippen MR) is 103 cm³/mol. The van der Waals surface area contributed by atoms with Crippen molar-refractivity contribution >= 4 is 11.8 Å². The van der Waals surface area contributed by atoms with Gasteiger partial charge in [0.1, 0.15) is 0 Å². The maximum absolute atomic E-state index is 12.7. The van der Waals surface area contributed by atoms with E-state index in [0.29, 0.717) is 18.5 Å². The van der Waals surface area contributed by atoms with Crippen molar-refractivity contribution in [2.24, 2.45) is 23.2 Å². The summed E-state index contributed by atoms with van der Waals surface area (Å²) in [5.41, 5.74) is 0.339. The summed E-state index contributed by atoms with van der Waals surface area (Å²) in [5, 5.41) is 6.24. The van der Waals surface area contributed by atoms with Crippen molar-refractivity contribution in [3.05, 3.63) is 0 Å². The number of rotatable bonds is 8. The van der Waals surface area contributed by atoms with Gasteiger partial charge in [-0.05, 0) is 89.4 Å². The molecule has 2 amide bonds. The fourth-order valence-corrected chi connectivity index (χ4v) is 6.29. The molecule has 0 aromatic carbocycles. The lowest BCUT2D eigenvalue weighted by Crippen LogP contribution is -3.14. The van der Waals surface area contributed by atoms with Gasteiger partial charge in [0.25, 0.3) is 11.8 Å². The molecule has 0 aliphatic heterocycles. The summed E-state index contributed by atoms with van der Waals surface area (Å²) in [4.78, 5) is 25.7. The van der Waals surface area contributed by atoms with Crippen LogP contribution in [0.4, 0.5) is 0 Å². The topological polar surface area (TPSA) is 62.6 Å².